The monoisotopic (exact) mass is 335 g/mol. The van der Waals surface area contributed by atoms with Gasteiger partial charge in [-0.3, -0.25) is 0 Å². The Kier molecular flexibility index (Phi) is 7.22. The number of hydrogen-bond acceptors (Lipinski definition) is 3. The van der Waals surface area contributed by atoms with Crippen molar-refractivity contribution in [3.05, 3.63) is 33.7 Å². The molecule has 0 radical (unpaired) electrons. The average Bonchev–Trinajstić information content (AvgIpc) is 2.19. The fourth-order valence-electron chi connectivity index (χ4n) is 1.56. The number of nitrogens with zero attached hydrogens (tertiary/aromatic N) is 3. The Morgan fingerprint density at radius 1 is 1.35 bits per heavy atom. The average molecular weight is 335 g/mol. The van der Waals surface area contributed by atoms with E-state index in [2.05, 4.69) is 10.0 Å². The van der Waals surface area contributed by atoms with Crippen molar-refractivity contribution in [2.45, 2.75) is 12.7 Å². The number of halogens is 4. The van der Waals surface area contributed by atoms with Gasteiger partial charge in [-0.2, -0.15) is 8.42 Å². The second kappa shape index (κ2) is 7.25. The molecule has 1 rings (SSSR count). The minimum absolute atomic E-state index is 0. The molecule has 0 aliphatic heterocycles. The number of benzene rings is 1. The predicted molar refractivity (Wildman–Crippen MR) is 62.4 cm³/mol. The van der Waals surface area contributed by atoms with Crippen LogP contribution < -0.4 is 56.8 Å². The van der Waals surface area contributed by atoms with Crippen molar-refractivity contribution in [2.24, 2.45) is 5.11 Å². The molecule has 0 saturated heterocycles. The normalized spacial score (nSPS) is 11.4. The molecule has 0 N–H and O–H groups in total. The zero-order chi connectivity index (χ0) is 14.8. The van der Waals surface area contributed by atoms with Crippen LogP contribution in [0.1, 0.15) is 11.1 Å². The third-order valence-corrected chi connectivity index (χ3v) is 3.00. The maximum atomic E-state index is 12.8. The van der Waals surface area contributed by atoms with Gasteiger partial charge in [0.2, 0.25) is 0 Å². The Hall–Kier alpha value is -0.0987. The van der Waals surface area contributed by atoms with Gasteiger partial charge >= 0.3 is 68.6 Å². The summed E-state index contributed by atoms with van der Waals surface area (Å²) in [4.78, 5) is 2.35. The molecular weight excluding hydrogens is 328 g/mol. The first-order valence-electron chi connectivity index (χ1n) is 4.85. The molecule has 5 nitrogen and oxygen atoms in total. The summed E-state index contributed by atoms with van der Waals surface area (Å²) in [5.41, 5.74) is 6.01. The van der Waals surface area contributed by atoms with Gasteiger partial charge in [-0.25, -0.2) is 0 Å². The molecule has 20 heavy (non-hydrogen) atoms. The summed E-state index contributed by atoms with van der Waals surface area (Å²) < 4.78 is 71.8. The molecule has 0 spiro atoms. The van der Waals surface area contributed by atoms with E-state index in [9.17, 15) is 25.3 Å². The van der Waals surface area contributed by atoms with Crippen LogP contribution >= 0.6 is 0 Å². The van der Waals surface area contributed by atoms with Crippen molar-refractivity contribution >= 4 is 28.4 Å². The fraction of sp³-hybridized carbons (Fsp3) is 0.250. The SMILES string of the molecule is Cc1c(N=[N+]=[N-])cc(CS(=O)(=O)F)cc1[B-](F)(F)F.[K+]. The van der Waals surface area contributed by atoms with Crippen LogP contribution in [-0.4, -0.2) is 15.4 Å². The molecule has 0 bridgehead atoms. The molecule has 0 aliphatic rings. The third kappa shape index (κ3) is 5.72. The number of azide groups is 1. The molecule has 12 heteroatoms. The molecule has 0 saturated carbocycles. The largest absolute Gasteiger partial charge is 1.00 e. The van der Waals surface area contributed by atoms with Crippen LogP contribution in [-0.2, 0) is 16.0 Å². The maximum Gasteiger partial charge on any atom is 1.00 e. The van der Waals surface area contributed by atoms with Crippen LogP contribution in [0.25, 0.3) is 10.4 Å². The molecular formula is C8H7BF4KN3O2S. The van der Waals surface area contributed by atoms with Gasteiger partial charge < -0.3 is 12.9 Å². The van der Waals surface area contributed by atoms with Gasteiger partial charge in [-0.15, -0.1) is 9.35 Å². The Morgan fingerprint density at radius 2 is 1.90 bits per heavy atom. The standard InChI is InChI=1S/C8H7BF4N3O2S.K/c1-5-7(9(10,11)12)2-6(4-19(13,17)18)3-8(5)15-16-14;/h2-3H,4H2,1H3;/q-1;+1. The summed E-state index contributed by atoms with van der Waals surface area (Å²) in [5.74, 6) is -1.21. The predicted octanol–water partition coefficient (Wildman–Crippen LogP) is -0.205. The number of rotatable bonds is 4. The van der Waals surface area contributed by atoms with Gasteiger partial charge in [-0.1, -0.05) is 16.7 Å². The quantitative estimate of drug-likeness (QED) is 0.191. The Bertz CT molecular complexity index is 658. The molecule has 0 unspecified atom stereocenters. The molecule has 0 amide bonds. The van der Waals surface area contributed by atoms with Gasteiger partial charge in [0.05, 0.1) is 0 Å². The first-order valence-corrected chi connectivity index (χ1v) is 6.40. The first kappa shape index (κ1) is 19.9. The summed E-state index contributed by atoms with van der Waals surface area (Å²) >= 11 is 0. The summed E-state index contributed by atoms with van der Waals surface area (Å²) in [6, 6.07) is 1.46. The van der Waals surface area contributed by atoms with Crippen LogP contribution in [0.2, 0.25) is 0 Å². The van der Waals surface area contributed by atoms with E-state index in [0.717, 1.165) is 13.0 Å². The van der Waals surface area contributed by atoms with E-state index in [4.69, 9.17) is 5.53 Å². The van der Waals surface area contributed by atoms with Crippen molar-refractivity contribution in [3.63, 3.8) is 0 Å². The van der Waals surface area contributed by atoms with E-state index in [-0.39, 0.29) is 62.6 Å². The van der Waals surface area contributed by atoms with Crippen molar-refractivity contribution in [2.75, 3.05) is 0 Å². The topological polar surface area (TPSA) is 82.9 Å². The van der Waals surface area contributed by atoms with Crippen LogP contribution in [0.4, 0.5) is 22.5 Å². The van der Waals surface area contributed by atoms with Gasteiger partial charge in [0.25, 0.3) is 0 Å². The molecule has 104 valence electrons. The molecule has 1 aromatic rings. The van der Waals surface area contributed by atoms with Crippen LogP contribution in [0.5, 0.6) is 0 Å². The van der Waals surface area contributed by atoms with Crippen LogP contribution in [0.15, 0.2) is 17.2 Å². The van der Waals surface area contributed by atoms with E-state index < -0.39 is 34.0 Å². The molecule has 0 fully saturated rings. The van der Waals surface area contributed by atoms with Gasteiger partial charge in [0.15, 0.2) is 0 Å². The van der Waals surface area contributed by atoms with Gasteiger partial charge in [0.1, 0.15) is 5.75 Å². The minimum atomic E-state index is -5.43. The van der Waals surface area contributed by atoms with E-state index in [1.165, 1.54) is 0 Å². The molecule has 0 heterocycles. The second-order valence-corrected chi connectivity index (χ2v) is 5.14. The zero-order valence-electron chi connectivity index (χ0n) is 10.5. The first-order chi connectivity index (χ1) is 8.54. The minimum Gasteiger partial charge on any atom is -0.445 e. The summed E-state index contributed by atoms with van der Waals surface area (Å²) in [6.45, 7) is -4.35. The zero-order valence-corrected chi connectivity index (χ0v) is 14.5. The van der Waals surface area contributed by atoms with Crippen molar-refractivity contribution in [3.8, 4) is 0 Å². The summed E-state index contributed by atoms with van der Waals surface area (Å²) in [6.07, 6.45) is 0. The van der Waals surface area contributed by atoms with Crippen LogP contribution in [0.3, 0.4) is 0 Å². The van der Waals surface area contributed by atoms with E-state index >= 15 is 0 Å². The Labute approximate surface area is 155 Å². The number of hydrogen-bond donors (Lipinski definition) is 0. The van der Waals surface area contributed by atoms with Crippen molar-refractivity contribution in [1.82, 2.24) is 0 Å². The molecule has 0 atom stereocenters. The molecule has 0 aliphatic carbocycles. The summed E-state index contributed by atoms with van der Waals surface area (Å²) in [5, 5.41) is 3.04. The third-order valence-electron chi connectivity index (χ3n) is 2.32. The molecule has 1 aromatic carbocycles. The second-order valence-electron chi connectivity index (χ2n) is 3.78. The smallest absolute Gasteiger partial charge is 0.445 e. The fourth-order valence-corrected chi connectivity index (χ4v) is 2.12. The molecule has 0 aromatic heterocycles. The van der Waals surface area contributed by atoms with Gasteiger partial charge in [0, 0.05) is 10.6 Å². The summed E-state index contributed by atoms with van der Waals surface area (Å²) in [7, 11) is -4.98. The Balaban J connectivity index is 0.00000361. The van der Waals surface area contributed by atoms with Gasteiger partial charge in [-0.05, 0) is 24.1 Å². The Morgan fingerprint density at radius 3 is 2.30 bits per heavy atom. The van der Waals surface area contributed by atoms with Crippen molar-refractivity contribution < 1.29 is 76.6 Å². The van der Waals surface area contributed by atoms with Crippen LogP contribution in [0, 0.1) is 6.92 Å². The van der Waals surface area contributed by atoms with E-state index in [1.807, 2.05) is 0 Å². The maximum absolute atomic E-state index is 12.8. The van der Waals surface area contributed by atoms with E-state index in [0.29, 0.717) is 6.07 Å². The van der Waals surface area contributed by atoms with E-state index in [1.54, 1.807) is 0 Å². The van der Waals surface area contributed by atoms with Crippen molar-refractivity contribution in [1.29, 1.82) is 0 Å².